The average Bonchev–Trinajstić information content (AvgIpc) is 2.04. The molecule has 0 N–H and O–H groups in total. The Morgan fingerprint density at radius 3 is 2.77 bits per heavy atom. The number of aromatic nitrogens is 1. The first kappa shape index (κ1) is 9.99. The molecule has 0 amide bonds. The van der Waals surface area contributed by atoms with E-state index in [1.54, 1.807) is 32.0 Å². The molecule has 0 aliphatic rings. The molecule has 0 aliphatic carbocycles. The highest BCUT2D eigenvalue weighted by Crippen LogP contribution is 2.12. The highest BCUT2D eigenvalue weighted by atomic mass is 35.5. The van der Waals surface area contributed by atoms with Gasteiger partial charge in [0.15, 0.2) is 0 Å². The number of hydrogen-bond acceptors (Lipinski definition) is 3. The number of halogens is 1. The molecule has 0 radical (unpaired) electrons. The third kappa shape index (κ3) is 3.03. The number of nitrogens with zero attached hydrogens (tertiary/aromatic N) is 1. The van der Waals surface area contributed by atoms with Crippen LogP contribution in [-0.2, 0) is 4.79 Å². The van der Waals surface area contributed by atoms with Crippen LogP contribution in [-0.4, -0.2) is 11.0 Å². The summed E-state index contributed by atoms with van der Waals surface area (Å²) in [5.74, 6) is -0.234. The van der Waals surface area contributed by atoms with Gasteiger partial charge in [0.1, 0.15) is 5.15 Å². The topological polar surface area (TPSA) is 39.2 Å². The number of hydrogen-bond donors (Lipinski definition) is 0. The van der Waals surface area contributed by atoms with Crippen LogP contribution in [0.15, 0.2) is 18.2 Å². The Labute approximate surface area is 81.7 Å². The highest BCUT2D eigenvalue weighted by molar-refractivity contribution is 6.29. The third-order valence-corrected chi connectivity index (χ3v) is 1.58. The molecule has 1 aromatic rings. The van der Waals surface area contributed by atoms with Crippen molar-refractivity contribution in [1.82, 2.24) is 4.98 Å². The van der Waals surface area contributed by atoms with Gasteiger partial charge in [-0.1, -0.05) is 31.5 Å². The summed E-state index contributed by atoms with van der Waals surface area (Å²) < 4.78 is 4.92. The van der Waals surface area contributed by atoms with Crippen LogP contribution in [0.2, 0.25) is 5.15 Å². The van der Waals surface area contributed by atoms with Crippen LogP contribution in [0, 0.1) is 5.92 Å². The van der Waals surface area contributed by atoms with Gasteiger partial charge in [0, 0.05) is 6.07 Å². The van der Waals surface area contributed by atoms with Crippen LogP contribution in [0.4, 0.5) is 0 Å². The summed E-state index contributed by atoms with van der Waals surface area (Å²) in [6.45, 7) is 3.51. The predicted molar refractivity (Wildman–Crippen MR) is 49.7 cm³/mol. The SMILES string of the molecule is CC(C)C(=O)Oc1cccc(Cl)n1. The van der Waals surface area contributed by atoms with E-state index in [4.69, 9.17) is 16.3 Å². The van der Waals surface area contributed by atoms with Crippen LogP contribution in [0.25, 0.3) is 0 Å². The van der Waals surface area contributed by atoms with Gasteiger partial charge >= 0.3 is 5.97 Å². The fourth-order valence-electron chi connectivity index (χ4n) is 0.667. The fourth-order valence-corrected chi connectivity index (χ4v) is 0.823. The van der Waals surface area contributed by atoms with Crippen molar-refractivity contribution in [3.63, 3.8) is 0 Å². The summed E-state index contributed by atoms with van der Waals surface area (Å²) >= 11 is 5.61. The maximum Gasteiger partial charge on any atom is 0.315 e. The van der Waals surface area contributed by atoms with Gasteiger partial charge in [-0.25, -0.2) is 4.98 Å². The molecule has 3 nitrogen and oxygen atoms in total. The molecular weight excluding hydrogens is 190 g/mol. The van der Waals surface area contributed by atoms with Gasteiger partial charge in [-0.05, 0) is 6.07 Å². The molecule has 1 rings (SSSR count). The molecule has 1 aromatic heterocycles. The number of carbonyl (C=O) groups excluding carboxylic acids is 1. The molecule has 0 saturated carbocycles. The van der Waals surface area contributed by atoms with Gasteiger partial charge in [0.25, 0.3) is 0 Å². The lowest BCUT2D eigenvalue weighted by atomic mass is 10.2. The van der Waals surface area contributed by atoms with Crippen LogP contribution >= 0.6 is 11.6 Å². The second-order valence-electron chi connectivity index (χ2n) is 2.87. The molecule has 0 unspecified atom stereocenters. The first-order chi connectivity index (χ1) is 6.09. The van der Waals surface area contributed by atoms with E-state index >= 15 is 0 Å². The summed E-state index contributed by atoms with van der Waals surface area (Å²) in [5, 5.41) is 0.314. The Morgan fingerprint density at radius 2 is 2.23 bits per heavy atom. The van der Waals surface area contributed by atoms with Crippen LogP contribution in [0.3, 0.4) is 0 Å². The zero-order chi connectivity index (χ0) is 9.84. The first-order valence-electron chi connectivity index (χ1n) is 3.94. The predicted octanol–water partition coefficient (Wildman–Crippen LogP) is 2.30. The summed E-state index contributed by atoms with van der Waals surface area (Å²) in [4.78, 5) is 14.9. The summed E-state index contributed by atoms with van der Waals surface area (Å²) in [6, 6.07) is 4.89. The van der Waals surface area contributed by atoms with Crippen molar-refractivity contribution in [1.29, 1.82) is 0 Å². The van der Waals surface area contributed by atoms with E-state index in [1.165, 1.54) is 0 Å². The first-order valence-corrected chi connectivity index (χ1v) is 4.31. The van der Waals surface area contributed by atoms with Gasteiger partial charge in [0.05, 0.1) is 5.92 Å². The average molecular weight is 200 g/mol. The van der Waals surface area contributed by atoms with E-state index in [0.717, 1.165) is 0 Å². The fraction of sp³-hybridized carbons (Fsp3) is 0.333. The van der Waals surface area contributed by atoms with Crippen LogP contribution < -0.4 is 4.74 Å². The molecule has 0 fully saturated rings. The molecule has 0 aromatic carbocycles. The Bertz CT molecular complexity index is 312. The van der Waals surface area contributed by atoms with Crippen molar-refractivity contribution in [2.75, 3.05) is 0 Å². The van der Waals surface area contributed by atoms with Crippen molar-refractivity contribution < 1.29 is 9.53 Å². The second-order valence-corrected chi connectivity index (χ2v) is 3.26. The number of rotatable bonds is 2. The smallest absolute Gasteiger partial charge is 0.315 e. The molecule has 0 atom stereocenters. The standard InChI is InChI=1S/C9H10ClNO2/c1-6(2)9(12)13-8-5-3-4-7(10)11-8/h3-6H,1-2H3. The van der Waals surface area contributed by atoms with Gasteiger partial charge in [0.2, 0.25) is 5.88 Å². The van der Waals surface area contributed by atoms with Crippen LogP contribution in [0.5, 0.6) is 5.88 Å². The molecule has 0 aliphatic heterocycles. The molecule has 0 spiro atoms. The van der Waals surface area contributed by atoms with E-state index in [9.17, 15) is 4.79 Å². The molecule has 13 heavy (non-hydrogen) atoms. The van der Waals surface area contributed by atoms with Gasteiger partial charge in [-0.2, -0.15) is 0 Å². The normalized spacial score (nSPS) is 10.2. The van der Waals surface area contributed by atoms with E-state index < -0.39 is 0 Å². The van der Waals surface area contributed by atoms with Crippen LogP contribution in [0.1, 0.15) is 13.8 Å². The van der Waals surface area contributed by atoms with E-state index in [-0.39, 0.29) is 17.8 Å². The zero-order valence-electron chi connectivity index (χ0n) is 7.45. The minimum absolute atomic E-state index is 0.166. The number of pyridine rings is 1. The van der Waals surface area contributed by atoms with Crippen molar-refractivity contribution in [3.8, 4) is 5.88 Å². The Balaban J connectivity index is 2.69. The monoisotopic (exact) mass is 199 g/mol. The third-order valence-electron chi connectivity index (χ3n) is 1.37. The quantitative estimate of drug-likeness (QED) is 0.542. The van der Waals surface area contributed by atoms with Crippen molar-refractivity contribution >= 4 is 17.6 Å². The largest absolute Gasteiger partial charge is 0.407 e. The number of carbonyl (C=O) groups is 1. The zero-order valence-corrected chi connectivity index (χ0v) is 8.21. The lowest BCUT2D eigenvalue weighted by molar-refractivity contribution is -0.138. The molecule has 70 valence electrons. The van der Waals surface area contributed by atoms with E-state index in [0.29, 0.717) is 5.15 Å². The van der Waals surface area contributed by atoms with E-state index in [2.05, 4.69) is 4.98 Å². The molecule has 0 bridgehead atoms. The molecule has 1 heterocycles. The summed E-state index contributed by atoms with van der Waals surface area (Å²) in [7, 11) is 0. The van der Waals surface area contributed by atoms with Gasteiger partial charge in [-0.15, -0.1) is 0 Å². The maximum atomic E-state index is 11.1. The van der Waals surface area contributed by atoms with E-state index in [1.807, 2.05) is 0 Å². The molecular formula is C9H10ClNO2. The lowest BCUT2D eigenvalue weighted by Crippen LogP contribution is -2.15. The second kappa shape index (κ2) is 4.23. The van der Waals surface area contributed by atoms with Crippen molar-refractivity contribution in [3.05, 3.63) is 23.4 Å². The minimum Gasteiger partial charge on any atom is -0.407 e. The molecule has 0 saturated heterocycles. The van der Waals surface area contributed by atoms with Gasteiger partial charge in [-0.3, -0.25) is 4.79 Å². The Kier molecular flexibility index (Phi) is 3.25. The summed E-state index contributed by atoms with van der Waals surface area (Å²) in [5.41, 5.74) is 0. The highest BCUT2D eigenvalue weighted by Gasteiger charge is 2.10. The maximum absolute atomic E-state index is 11.1. The summed E-state index contributed by atoms with van der Waals surface area (Å²) in [6.07, 6.45) is 0. The Morgan fingerprint density at radius 1 is 1.54 bits per heavy atom. The minimum atomic E-state index is -0.310. The Hall–Kier alpha value is -1.09. The van der Waals surface area contributed by atoms with Crippen molar-refractivity contribution in [2.24, 2.45) is 5.92 Å². The van der Waals surface area contributed by atoms with Gasteiger partial charge < -0.3 is 4.74 Å². The number of esters is 1. The number of ether oxygens (including phenoxy) is 1. The lowest BCUT2D eigenvalue weighted by Gasteiger charge is -2.04. The molecule has 4 heteroatoms. The van der Waals surface area contributed by atoms with Crippen molar-refractivity contribution in [2.45, 2.75) is 13.8 Å².